The Morgan fingerprint density at radius 1 is 1.06 bits per heavy atom. The fourth-order valence-electron chi connectivity index (χ4n) is 4.73. The number of nitrogens with zero attached hydrogens (tertiary/aromatic N) is 4. The maximum Gasteiger partial charge on any atom is 0.419 e. The highest BCUT2D eigenvalue weighted by Crippen LogP contribution is 2.31. The minimum absolute atomic E-state index is 0.0199. The number of carbonyl (C=O) groups is 1. The van der Waals surface area contributed by atoms with E-state index in [-0.39, 0.29) is 29.2 Å². The number of halogens is 4. The van der Waals surface area contributed by atoms with Crippen LogP contribution in [-0.4, -0.2) is 61.1 Å². The van der Waals surface area contributed by atoms with Gasteiger partial charge in [-0.3, -0.25) is 4.79 Å². The Morgan fingerprint density at radius 3 is 2.29 bits per heavy atom. The van der Waals surface area contributed by atoms with E-state index in [0.29, 0.717) is 44.5 Å². The van der Waals surface area contributed by atoms with Crippen molar-refractivity contribution in [3.05, 3.63) is 47.5 Å². The third kappa shape index (κ3) is 5.74. The summed E-state index contributed by atoms with van der Waals surface area (Å²) in [6.45, 7) is 1.62. The topological polar surface area (TPSA) is 83.5 Å². The van der Waals surface area contributed by atoms with E-state index in [2.05, 4.69) is 9.97 Å². The number of piperidine rings is 2. The van der Waals surface area contributed by atoms with Crippen LogP contribution in [0.3, 0.4) is 0 Å². The maximum absolute atomic E-state index is 14.5. The zero-order valence-corrected chi connectivity index (χ0v) is 19.9. The predicted molar refractivity (Wildman–Crippen MR) is 120 cm³/mol. The minimum atomic E-state index is -4.49. The first-order valence-electron chi connectivity index (χ1n) is 11.4. The molecular weight excluding hydrogens is 488 g/mol. The van der Waals surface area contributed by atoms with Gasteiger partial charge in [-0.15, -0.1) is 0 Å². The Morgan fingerprint density at radius 2 is 1.71 bits per heavy atom. The summed E-state index contributed by atoms with van der Waals surface area (Å²) in [5.74, 6) is -0.847. The summed E-state index contributed by atoms with van der Waals surface area (Å²) < 4.78 is 76.0. The SMILES string of the molecule is CS(=O)(=O)c1ccc(C[C@H]2CCCN(C3CCN(c4ncc(C(F)(F)F)cn4)CC3)C2=O)c(F)c1. The van der Waals surface area contributed by atoms with Gasteiger partial charge in [-0.05, 0) is 49.8 Å². The highest BCUT2D eigenvalue weighted by molar-refractivity contribution is 7.90. The molecule has 1 atom stereocenters. The van der Waals surface area contributed by atoms with Crippen LogP contribution in [0.1, 0.15) is 36.8 Å². The number of aromatic nitrogens is 2. The van der Waals surface area contributed by atoms with E-state index in [0.717, 1.165) is 31.1 Å². The van der Waals surface area contributed by atoms with Gasteiger partial charge in [-0.1, -0.05) is 6.07 Å². The van der Waals surface area contributed by atoms with Gasteiger partial charge in [0.15, 0.2) is 9.84 Å². The molecule has 4 rings (SSSR count). The summed E-state index contributed by atoms with van der Waals surface area (Å²) >= 11 is 0. The number of rotatable bonds is 5. The smallest absolute Gasteiger partial charge is 0.341 e. The van der Waals surface area contributed by atoms with Crippen molar-refractivity contribution in [1.29, 1.82) is 0 Å². The van der Waals surface area contributed by atoms with Crippen LogP contribution in [-0.2, 0) is 27.2 Å². The molecule has 1 amide bonds. The number of sulfone groups is 1. The highest BCUT2D eigenvalue weighted by atomic mass is 32.2. The standard InChI is InChI=1S/C23H26F4N4O3S/c1-35(33,34)19-5-4-15(20(24)12-19)11-16-3-2-8-31(21(16)32)18-6-9-30(10-7-18)22-28-13-17(14-29-22)23(25,26)27/h4-5,12-14,16,18H,2-3,6-11H2,1H3/t16-/m1/s1. The van der Waals surface area contributed by atoms with E-state index in [1.165, 1.54) is 12.1 Å². The summed E-state index contributed by atoms with van der Waals surface area (Å²) in [5.41, 5.74) is -0.588. The second kappa shape index (κ2) is 9.71. The van der Waals surface area contributed by atoms with Crippen molar-refractivity contribution >= 4 is 21.7 Å². The number of likely N-dealkylation sites (tertiary alicyclic amines) is 1. The summed E-state index contributed by atoms with van der Waals surface area (Å²) in [6.07, 6.45) is 0.921. The lowest BCUT2D eigenvalue weighted by Crippen LogP contribution is -2.52. The molecule has 35 heavy (non-hydrogen) atoms. The van der Waals surface area contributed by atoms with Crippen molar-refractivity contribution in [3.8, 4) is 0 Å². The molecule has 2 aliphatic rings. The molecule has 0 spiro atoms. The normalized spacial score (nSPS) is 20.4. The second-order valence-electron chi connectivity index (χ2n) is 9.09. The number of anilines is 1. The molecule has 190 valence electrons. The average Bonchev–Trinajstić information content (AvgIpc) is 2.80. The highest BCUT2D eigenvalue weighted by Gasteiger charge is 2.36. The molecule has 0 N–H and O–H groups in total. The van der Waals surface area contributed by atoms with Gasteiger partial charge in [0.1, 0.15) is 5.82 Å². The first-order chi connectivity index (χ1) is 16.4. The number of hydrogen-bond donors (Lipinski definition) is 0. The van der Waals surface area contributed by atoms with Crippen LogP contribution < -0.4 is 4.90 Å². The van der Waals surface area contributed by atoms with E-state index in [1.54, 1.807) is 4.90 Å². The number of amides is 1. The van der Waals surface area contributed by atoms with Crippen LogP contribution in [0.5, 0.6) is 0 Å². The van der Waals surface area contributed by atoms with Gasteiger partial charge >= 0.3 is 6.18 Å². The number of benzene rings is 1. The molecule has 12 heteroatoms. The van der Waals surface area contributed by atoms with Gasteiger partial charge in [0, 0.05) is 50.2 Å². The first-order valence-corrected chi connectivity index (χ1v) is 13.3. The summed E-state index contributed by atoms with van der Waals surface area (Å²) in [7, 11) is -3.52. The molecular formula is C23H26F4N4O3S. The Labute approximate surface area is 201 Å². The molecule has 0 aliphatic carbocycles. The quantitative estimate of drug-likeness (QED) is 0.569. The summed E-state index contributed by atoms with van der Waals surface area (Å²) in [6, 6.07) is 3.76. The molecule has 0 bridgehead atoms. The van der Waals surface area contributed by atoms with E-state index in [9.17, 15) is 30.8 Å². The Bertz CT molecular complexity index is 1180. The van der Waals surface area contributed by atoms with Crippen LogP contribution in [0, 0.1) is 11.7 Å². The van der Waals surface area contributed by atoms with Crippen LogP contribution in [0.2, 0.25) is 0 Å². The third-order valence-corrected chi connectivity index (χ3v) is 7.77. The van der Waals surface area contributed by atoms with Crippen molar-refractivity contribution in [2.45, 2.75) is 49.2 Å². The van der Waals surface area contributed by atoms with Crippen molar-refractivity contribution in [1.82, 2.24) is 14.9 Å². The second-order valence-corrected chi connectivity index (χ2v) is 11.1. The third-order valence-electron chi connectivity index (χ3n) is 6.66. The number of alkyl halides is 3. The molecule has 0 unspecified atom stereocenters. The molecule has 0 saturated carbocycles. The fraction of sp³-hybridized carbons (Fsp3) is 0.522. The molecule has 2 aromatic rings. The summed E-state index contributed by atoms with van der Waals surface area (Å²) in [5, 5.41) is 0. The van der Waals surface area contributed by atoms with Gasteiger partial charge in [-0.2, -0.15) is 13.2 Å². The van der Waals surface area contributed by atoms with E-state index < -0.39 is 33.3 Å². The minimum Gasteiger partial charge on any atom is -0.341 e. The van der Waals surface area contributed by atoms with Gasteiger partial charge < -0.3 is 9.80 Å². The van der Waals surface area contributed by atoms with Gasteiger partial charge in [-0.25, -0.2) is 22.8 Å². The van der Waals surface area contributed by atoms with Crippen LogP contribution >= 0.6 is 0 Å². The predicted octanol–water partition coefficient (Wildman–Crippen LogP) is 3.49. The number of carbonyl (C=O) groups excluding carboxylic acids is 1. The monoisotopic (exact) mass is 514 g/mol. The average molecular weight is 515 g/mol. The van der Waals surface area contributed by atoms with E-state index >= 15 is 0 Å². The molecule has 7 nitrogen and oxygen atoms in total. The molecule has 2 saturated heterocycles. The van der Waals surface area contributed by atoms with Gasteiger partial charge in [0.2, 0.25) is 11.9 Å². The molecule has 2 fully saturated rings. The lowest BCUT2D eigenvalue weighted by Gasteiger charge is -2.42. The van der Waals surface area contributed by atoms with Crippen molar-refractivity contribution in [3.63, 3.8) is 0 Å². The van der Waals surface area contributed by atoms with Crippen LogP contribution in [0.4, 0.5) is 23.5 Å². The van der Waals surface area contributed by atoms with Crippen molar-refractivity contribution in [2.75, 3.05) is 30.8 Å². The molecule has 2 aliphatic heterocycles. The van der Waals surface area contributed by atoms with E-state index in [4.69, 9.17) is 0 Å². The number of hydrogen-bond acceptors (Lipinski definition) is 6. The molecule has 1 aromatic heterocycles. The van der Waals surface area contributed by atoms with E-state index in [1.807, 2.05) is 4.90 Å². The Hall–Kier alpha value is -2.76. The van der Waals surface area contributed by atoms with Gasteiger partial charge in [0.25, 0.3) is 0 Å². The Balaban J connectivity index is 1.37. The lowest BCUT2D eigenvalue weighted by atomic mass is 9.88. The van der Waals surface area contributed by atoms with Crippen molar-refractivity contribution < 1.29 is 30.8 Å². The molecule has 3 heterocycles. The van der Waals surface area contributed by atoms with Gasteiger partial charge in [0.05, 0.1) is 10.5 Å². The molecule has 0 radical (unpaired) electrons. The maximum atomic E-state index is 14.5. The Kier molecular flexibility index (Phi) is 7.03. The fourth-order valence-corrected chi connectivity index (χ4v) is 5.36. The summed E-state index contributed by atoms with van der Waals surface area (Å²) in [4.78, 5) is 24.5. The van der Waals surface area contributed by atoms with Crippen LogP contribution in [0.15, 0.2) is 35.5 Å². The first kappa shape index (κ1) is 25.3. The van der Waals surface area contributed by atoms with Crippen LogP contribution in [0.25, 0.3) is 0 Å². The zero-order valence-electron chi connectivity index (χ0n) is 19.1. The lowest BCUT2D eigenvalue weighted by molar-refractivity contribution is -0.141. The largest absolute Gasteiger partial charge is 0.419 e. The molecule has 1 aromatic carbocycles. The van der Waals surface area contributed by atoms with Crippen molar-refractivity contribution in [2.24, 2.45) is 5.92 Å². The zero-order chi connectivity index (χ0) is 25.4.